The maximum atomic E-state index is 13.6. The first-order valence-corrected chi connectivity index (χ1v) is 12.4. The standard InChI is InChI=1S/C28H30Cl2N2O3/c1-3-20(2)31-28(34)25(17-21-11-5-4-6-12-21)32(18-22-13-7-8-14-23(22)29)27(33)19-35-26-16-10-9-15-24(26)30/h4-16,20,25H,3,17-19H2,1-2H3,(H,31,34)/t20-,25+/m0/s1. The first kappa shape index (κ1) is 26.6. The molecule has 0 aliphatic heterocycles. The highest BCUT2D eigenvalue weighted by Gasteiger charge is 2.31. The predicted molar refractivity (Wildman–Crippen MR) is 141 cm³/mol. The van der Waals surface area contributed by atoms with E-state index < -0.39 is 6.04 Å². The molecule has 3 aromatic rings. The van der Waals surface area contributed by atoms with E-state index >= 15 is 0 Å². The summed E-state index contributed by atoms with van der Waals surface area (Å²) >= 11 is 12.6. The molecule has 0 unspecified atom stereocenters. The van der Waals surface area contributed by atoms with E-state index in [1.165, 1.54) is 0 Å². The normalized spacial score (nSPS) is 12.5. The van der Waals surface area contributed by atoms with Gasteiger partial charge >= 0.3 is 0 Å². The molecule has 0 saturated heterocycles. The van der Waals surface area contributed by atoms with Crippen LogP contribution in [0.1, 0.15) is 31.4 Å². The molecule has 3 rings (SSSR count). The zero-order chi connectivity index (χ0) is 25.2. The predicted octanol–water partition coefficient (Wildman–Crippen LogP) is 5.93. The third kappa shape index (κ3) is 7.74. The first-order chi connectivity index (χ1) is 16.9. The molecule has 184 valence electrons. The van der Waals surface area contributed by atoms with Crippen LogP contribution in [-0.4, -0.2) is 35.4 Å². The molecule has 0 aliphatic carbocycles. The van der Waals surface area contributed by atoms with Crippen molar-refractivity contribution in [1.29, 1.82) is 0 Å². The molecule has 2 atom stereocenters. The van der Waals surface area contributed by atoms with E-state index in [1.807, 2.05) is 62.4 Å². The summed E-state index contributed by atoms with van der Waals surface area (Å²) in [6.07, 6.45) is 1.13. The number of benzene rings is 3. The highest BCUT2D eigenvalue weighted by Crippen LogP contribution is 2.24. The van der Waals surface area contributed by atoms with Crippen LogP contribution in [-0.2, 0) is 22.6 Å². The van der Waals surface area contributed by atoms with Gasteiger partial charge in [-0.2, -0.15) is 0 Å². The van der Waals surface area contributed by atoms with Gasteiger partial charge in [0.05, 0.1) is 5.02 Å². The Bertz CT molecular complexity index is 1120. The number of nitrogens with zero attached hydrogens (tertiary/aromatic N) is 1. The molecule has 3 aromatic carbocycles. The minimum Gasteiger partial charge on any atom is -0.482 e. The second-order valence-electron chi connectivity index (χ2n) is 8.36. The van der Waals surface area contributed by atoms with Gasteiger partial charge in [0.15, 0.2) is 6.61 Å². The molecule has 0 bridgehead atoms. The van der Waals surface area contributed by atoms with Gasteiger partial charge in [-0.25, -0.2) is 0 Å². The molecule has 0 saturated carbocycles. The van der Waals surface area contributed by atoms with Crippen molar-refractivity contribution in [2.75, 3.05) is 6.61 Å². The van der Waals surface area contributed by atoms with E-state index in [9.17, 15) is 9.59 Å². The Labute approximate surface area is 217 Å². The van der Waals surface area contributed by atoms with Crippen LogP contribution in [0.3, 0.4) is 0 Å². The van der Waals surface area contributed by atoms with Crippen molar-refractivity contribution in [2.24, 2.45) is 0 Å². The lowest BCUT2D eigenvalue weighted by atomic mass is 10.0. The van der Waals surface area contributed by atoms with Crippen LogP contribution < -0.4 is 10.1 Å². The van der Waals surface area contributed by atoms with Gasteiger partial charge in [-0.05, 0) is 42.7 Å². The van der Waals surface area contributed by atoms with Crippen molar-refractivity contribution in [3.8, 4) is 5.75 Å². The van der Waals surface area contributed by atoms with Gasteiger partial charge in [-0.3, -0.25) is 9.59 Å². The van der Waals surface area contributed by atoms with Crippen LogP contribution in [0.4, 0.5) is 0 Å². The summed E-state index contributed by atoms with van der Waals surface area (Å²) in [6.45, 7) is 3.84. The number of ether oxygens (including phenoxy) is 1. The van der Waals surface area contributed by atoms with E-state index in [4.69, 9.17) is 27.9 Å². The molecule has 0 heterocycles. The molecule has 35 heavy (non-hydrogen) atoms. The van der Waals surface area contributed by atoms with Crippen molar-refractivity contribution in [2.45, 2.75) is 45.3 Å². The quantitative estimate of drug-likeness (QED) is 0.346. The molecule has 0 fully saturated rings. The Hall–Kier alpha value is -3.02. The molecular formula is C28H30Cl2N2O3. The Morgan fingerprint density at radius 1 is 0.914 bits per heavy atom. The fourth-order valence-electron chi connectivity index (χ4n) is 3.59. The zero-order valence-corrected chi connectivity index (χ0v) is 21.4. The molecule has 0 spiro atoms. The molecule has 5 nitrogen and oxygen atoms in total. The van der Waals surface area contributed by atoms with Gasteiger partial charge in [-0.15, -0.1) is 0 Å². The lowest BCUT2D eigenvalue weighted by Crippen LogP contribution is -2.53. The summed E-state index contributed by atoms with van der Waals surface area (Å²) < 4.78 is 5.74. The number of hydrogen-bond donors (Lipinski definition) is 1. The van der Waals surface area contributed by atoms with E-state index in [1.54, 1.807) is 35.2 Å². The van der Waals surface area contributed by atoms with Gasteiger partial charge in [0.1, 0.15) is 11.8 Å². The Morgan fingerprint density at radius 3 is 2.20 bits per heavy atom. The van der Waals surface area contributed by atoms with Gasteiger partial charge in [0, 0.05) is 24.0 Å². The number of amides is 2. The zero-order valence-electron chi connectivity index (χ0n) is 19.9. The fourth-order valence-corrected chi connectivity index (χ4v) is 3.98. The third-order valence-electron chi connectivity index (χ3n) is 5.76. The topological polar surface area (TPSA) is 58.6 Å². The molecule has 1 N–H and O–H groups in total. The average Bonchev–Trinajstić information content (AvgIpc) is 2.87. The molecule has 0 aromatic heterocycles. The number of carbonyl (C=O) groups is 2. The third-order valence-corrected chi connectivity index (χ3v) is 6.44. The molecule has 0 aliphatic rings. The minimum absolute atomic E-state index is 0.0302. The van der Waals surface area contributed by atoms with Gasteiger partial charge in [-0.1, -0.05) is 90.8 Å². The van der Waals surface area contributed by atoms with Crippen LogP contribution in [0.2, 0.25) is 10.0 Å². The number of carbonyl (C=O) groups excluding carboxylic acids is 2. The molecule has 7 heteroatoms. The number of para-hydroxylation sites is 1. The second-order valence-corrected chi connectivity index (χ2v) is 9.17. The maximum absolute atomic E-state index is 13.6. The summed E-state index contributed by atoms with van der Waals surface area (Å²) in [4.78, 5) is 28.6. The van der Waals surface area contributed by atoms with E-state index in [2.05, 4.69) is 5.32 Å². The van der Waals surface area contributed by atoms with Gasteiger partial charge in [0.25, 0.3) is 5.91 Å². The van der Waals surface area contributed by atoms with Crippen molar-refractivity contribution in [3.63, 3.8) is 0 Å². The van der Waals surface area contributed by atoms with Gasteiger partial charge < -0.3 is 15.0 Å². The van der Waals surface area contributed by atoms with Crippen molar-refractivity contribution < 1.29 is 14.3 Å². The lowest BCUT2D eigenvalue weighted by molar-refractivity contribution is -0.143. The highest BCUT2D eigenvalue weighted by atomic mass is 35.5. The molecule has 2 amide bonds. The fraction of sp³-hybridized carbons (Fsp3) is 0.286. The first-order valence-electron chi connectivity index (χ1n) is 11.6. The monoisotopic (exact) mass is 512 g/mol. The summed E-state index contributed by atoms with van der Waals surface area (Å²) in [5.41, 5.74) is 1.69. The minimum atomic E-state index is -0.759. The van der Waals surface area contributed by atoms with Crippen LogP contribution in [0.15, 0.2) is 78.9 Å². The number of nitrogens with one attached hydrogen (secondary N) is 1. The Kier molecular flexibility index (Phi) is 10.0. The van der Waals surface area contributed by atoms with Gasteiger partial charge in [0.2, 0.25) is 5.91 Å². The van der Waals surface area contributed by atoms with Crippen LogP contribution in [0.5, 0.6) is 5.75 Å². The highest BCUT2D eigenvalue weighted by molar-refractivity contribution is 6.32. The largest absolute Gasteiger partial charge is 0.482 e. The Balaban J connectivity index is 1.93. The van der Waals surface area contributed by atoms with Crippen molar-refractivity contribution in [3.05, 3.63) is 100 Å². The number of rotatable bonds is 11. The van der Waals surface area contributed by atoms with E-state index in [0.717, 1.165) is 17.5 Å². The number of halogens is 2. The van der Waals surface area contributed by atoms with Crippen LogP contribution >= 0.6 is 23.2 Å². The maximum Gasteiger partial charge on any atom is 0.261 e. The number of hydrogen-bond acceptors (Lipinski definition) is 3. The van der Waals surface area contributed by atoms with Crippen molar-refractivity contribution >= 4 is 35.0 Å². The van der Waals surface area contributed by atoms with E-state index in [0.29, 0.717) is 22.2 Å². The van der Waals surface area contributed by atoms with Crippen LogP contribution in [0.25, 0.3) is 0 Å². The van der Waals surface area contributed by atoms with E-state index in [-0.39, 0.29) is 31.0 Å². The van der Waals surface area contributed by atoms with Crippen LogP contribution in [0, 0.1) is 0 Å². The smallest absolute Gasteiger partial charge is 0.261 e. The molecular weight excluding hydrogens is 483 g/mol. The summed E-state index contributed by atoms with van der Waals surface area (Å²) in [7, 11) is 0. The second kappa shape index (κ2) is 13.2. The summed E-state index contributed by atoms with van der Waals surface area (Å²) in [5.74, 6) is -0.157. The SMILES string of the molecule is CC[C@H](C)NC(=O)[C@@H](Cc1ccccc1)N(Cc1ccccc1Cl)C(=O)COc1ccccc1Cl. The lowest BCUT2D eigenvalue weighted by Gasteiger charge is -2.32. The van der Waals surface area contributed by atoms with Crippen molar-refractivity contribution in [1.82, 2.24) is 10.2 Å². The Morgan fingerprint density at radius 2 is 1.54 bits per heavy atom. The summed E-state index contributed by atoms with van der Waals surface area (Å²) in [5, 5.41) is 3.98. The summed E-state index contributed by atoms with van der Waals surface area (Å²) in [6, 6.07) is 23.1. The molecule has 0 radical (unpaired) electrons. The average molecular weight is 513 g/mol.